The molecule has 0 spiro atoms. The Morgan fingerprint density at radius 2 is 1.65 bits per heavy atom. The number of nitrogens with two attached hydrogens (primary N) is 2. The fourth-order valence-corrected chi connectivity index (χ4v) is 3.60. The van der Waals surface area contributed by atoms with E-state index in [0.717, 1.165) is 38.6 Å². The first-order valence-corrected chi connectivity index (χ1v) is 11.6. The zero-order valence-corrected chi connectivity index (χ0v) is 15.8. The maximum atomic E-state index is 11.0. The predicted octanol–water partition coefficient (Wildman–Crippen LogP) is -0.719. The van der Waals surface area contributed by atoms with Crippen molar-refractivity contribution in [1.29, 1.82) is 0 Å². The zero-order chi connectivity index (χ0) is 17.9. The van der Waals surface area contributed by atoms with E-state index in [9.17, 15) is 16.8 Å². The molecule has 1 aliphatic heterocycles. The predicted molar refractivity (Wildman–Crippen MR) is 93.9 cm³/mol. The molecular weight excluding hydrogens is 340 g/mol. The van der Waals surface area contributed by atoms with Gasteiger partial charge in [0.05, 0.1) is 12.5 Å². The minimum absolute atomic E-state index is 0.365. The highest BCUT2D eigenvalue weighted by Crippen LogP contribution is 2.16. The fraction of sp³-hybridized carbons (Fsp3) is 1.00. The number of unbranched alkanes of at least 4 members (excludes halogenated alkanes) is 3. The third-order valence-corrected chi connectivity index (χ3v) is 5.54. The molecule has 23 heavy (non-hydrogen) atoms. The number of hydrogen-bond acceptors (Lipinski definition) is 6. The van der Waals surface area contributed by atoms with E-state index >= 15 is 0 Å². The van der Waals surface area contributed by atoms with E-state index in [4.69, 9.17) is 11.5 Å². The molecular formula is C13H32N4O4S2. The minimum Gasteiger partial charge on any atom is -0.330 e. The first-order chi connectivity index (χ1) is 10.6. The van der Waals surface area contributed by atoms with Gasteiger partial charge < -0.3 is 11.5 Å². The van der Waals surface area contributed by atoms with Gasteiger partial charge in [-0.2, -0.15) is 0 Å². The summed E-state index contributed by atoms with van der Waals surface area (Å²) in [6, 6.07) is 0. The molecule has 1 saturated heterocycles. The fourth-order valence-electron chi connectivity index (χ4n) is 2.17. The first kappa shape index (κ1) is 22.7. The summed E-state index contributed by atoms with van der Waals surface area (Å²) >= 11 is 0. The number of sulfonamides is 2. The van der Waals surface area contributed by atoms with Crippen molar-refractivity contribution in [3.8, 4) is 0 Å². The zero-order valence-electron chi connectivity index (χ0n) is 14.2. The topological polar surface area (TPSA) is 136 Å². The summed E-state index contributed by atoms with van der Waals surface area (Å²) in [5.74, 6) is 0.365. The number of hydrogen-bond donors (Lipinski definition) is 3. The van der Waals surface area contributed by atoms with Crippen LogP contribution < -0.4 is 16.2 Å². The number of nitrogens with one attached hydrogen (secondary N) is 1. The lowest BCUT2D eigenvalue weighted by atomic mass is 10.1. The average molecular weight is 373 g/mol. The summed E-state index contributed by atoms with van der Waals surface area (Å²) in [5.41, 5.74) is 10.7. The normalized spacial score (nSPS) is 19.4. The Hall–Kier alpha value is -0.260. The van der Waals surface area contributed by atoms with Gasteiger partial charge in [0.1, 0.15) is 0 Å². The van der Waals surface area contributed by atoms with E-state index in [1.54, 1.807) is 0 Å². The van der Waals surface area contributed by atoms with Crippen LogP contribution in [-0.2, 0) is 20.0 Å². The van der Waals surface area contributed by atoms with E-state index in [0.29, 0.717) is 32.1 Å². The van der Waals surface area contributed by atoms with Crippen molar-refractivity contribution in [2.45, 2.75) is 32.1 Å². The third kappa shape index (κ3) is 12.8. The van der Waals surface area contributed by atoms with Gasteiger partial charge in [0.25, 0.3) is 0 Å². The standard InChI is InChI=1S/C7H18N2O2S.C6H14N2O2S/c1-12(10,11)9-7-5-3-2-4-6-8;1-11(9,10)8-3-2-6(4-7)5-8/h9H,2-8H2,1H3;6H,2-5,7H2,1H3. The Bertz CT molecular complexity index is 508. The van der Waals surface area contributed by atoms with Crippen LogP contribution in [0.4, 0.5) is 0 Å². The molecule has 1 fully saturated rings. The van der Waals surface area contributed by atoms with Crippen LogP contribution in [0.5, 0.6) is 0 Å². The van der Waals surface area contributed by atoms with Crippen molar-refractivity contribution < 1.29 is 16.8 Å². The van der Waals surface area contributed by atoms with Crippen molar-refractivity contribution in [3.63, 3.8) is 0 Å². The van der Waals surface area contributed by atoms with Gasteiger partial charge in [0, 0.05) is 19.6 Å². The van der Waals surface area contributed by atoms with Crippen LogP contribution in [0.25, 0.3) is 0 Å². The highest BCUT2D eigenvalue weighted by atomic mass is 32.2. The molecule has 0 amide bonds. The summed E-state index contributed by atoms with van der Waals surface area (Å²) in [6.45, 7) is 3.10. The van der Waals surface area contributed by atoms with Crippen LogP contribution in [0.2, 0.25) is 0 Å². The van der Waals surface area contributed by atoms with Gasteiger partial charge in [-0.05, 0) is 38.3 Å². The van der Waals surface area contributed by atoms with Crippen molar-refractivity contribution >= 4 is 20.0 Å². The lowest BCUT2D eigenvalue weighted by Crippen LogP contribution is -2.28. The van der Waals surface area contributed by atoms with Gasteiger partial charge >= 0.3 is 0 Å². The van der Waals surface area contributed by atoms with Gasteiger partial charge in [-0.3, -0.25) is 0 Å². The molecule has 0 aliphatic carbocycles. The summed E-state index contributed by atoms with van der Waals surface area (Å²) in [4.78, 5) is 0. The Morgan fingerprint density at radius 1 is 1.04 bits per heavy atom. The molecule has 1 atom stereocenters. The monoisotopic (exact) mass is 372 g/mol. The van der Waals surface area contributed by atoms with E-state index in [1.165, 1.54) is 16.8 Å². The van der Waals surface area contributed by atoms with E-state index in [2.05, 4.69) is 4.72 Å². The van der Waals surface area contributed by atoms with Crippen LogP contribution >= 0.6 is 0 Å². The summed E-state index contributed by atoms with van der Waals surface area (Å²) in [7, 11) is -5.96. The van der Waals surface area contributed by atoms with Gasteiger partial charge in [0.2, 0.25) is 20.0 Å². The number of nitrogens with zero attached hydrogens (tertiary/aromatic N) is 1. The molecule has 8 nitrogen and oxygen atoms in total. The maximum absolute atomic E-state index is 11.0. The minimum atomic E-state index is -2.99. The molecule has 0 saturated carbocycles. The quantitative estimate of drug-likeness (QED) is 0.457. The second kappa shape index (κ2) is 11.3. The maximum Gasteiger partial charge on any atom is 0.211 e. The van der Waals surface area contributed by atoms with E-state index < -0.39 is 20.0 Å². The molecule has 0 aromatic heterocycles. The van der Waals surface area contributed by atoms with Gasteiger partial charge in [0.15, 0.2) is 0 Å². The lowest BCUT2D eigenvalue weighted by Gasteiger charge is -2.11. The Morgan fingerprint density at radius 3 is 2.04 bits per heavy atom. The average Bonchev–Trinajstić information content (AvgIpc) is 2.91. The van der Waals surface area contributed by atoms with Crippen LogP contribution in [0.1, 0.15) is 32.1 Å². The molecule has 10 heteroatoms. The molecule has 1 unspecified atom stereocenters. The van der Waals surface area contributed by atoms with Crippen LogP contribution in [0.15, 0.2) is 0 Å². The highest BCUT2D eigenvalue weighted by molar-refractivity contribution is 7.88. The van der Waals surface area contributed by atoms with Crippen molar-refractivity contribution in [2.75, 3.05) is 45.2 Å². The smallest absolute Gasteiger partial charge is 0.211 e. The molecule has 1 aliphatic rings. The van der Waals surface area contributed by atoms with Crippen LogP contribution in [0.3, 0.4) is 0 Å². The van der Waals surface area contributed by atoms with E-state index in [-0.39, 0.29) is 0 Å². The summed E-state index contributed by atoms with van der Waals surface area (Å²) in [5, 5.41) is 0. The molecule has 5 N–H and O–H groups in total. The van der Waals surface area contributed by atoms with Crippen molar-refractivity contribution in [1.82, 2.24) is 9.03 Å². The first-order valence-electron chi connectivity index (χ1n) is 7.90. The third-order valence-electron chi connectivity index (χ3n) is 3.55. The Kier molecular flexibility index (Phi) is 11.2. The summed E-state index contributed by atoms with van der Waals surface area (Å²) < 4.78 is 47.1. The molecule has 1 rings (SSSR count). The van der Waals surface area contributed by atoms with Crippen molar-refractivity contribution in [3.05, 3.63) is 0 Å². The Balaban J connectivity index is 0.000000422. The van der Waals surface area contributed by atoms with Crippen LogP contribution in [-0.4, -0.2) is 66.4 Å². The molecule has 140 valence electrons. The molecule has 0 radical (unpaired) electrons. The summed E-state index contributed by atoms with van der Waals surface area (Å²) in [6.07, 6.45) is 7.37. The lowest BCUT2D eigenvalue weighted by molar-refractivity contribution is 0.464. The van der Waals surface area contributed by atoms with Gasteiger partial charge in [-0.25, -0.2) is 25.9 Å². The van der Waals surface area contributed by atoms with Gasteiger partial charge in [-0.15, -0.1) is 0 Å². The Labute approximate surface area is 141 Å². The van der Waals surface area contributed by atoms with Gasteiger partial charge in [-0.1, -0.05) is 12.8 Å². The number of rotatable bonds is 9. The second-order valence-electron chi connectivity index (χ2n) is 5.88. The van der Waals surface area contributed by atoms with Crippen molar-refractivity contribution in [2.24, 2.45) is 17.4 Å². The largest absolute Gasteiger partial charge is 0.330 e. The van der Waals surface area contributed by atoms with Crippen LogP contribution in [0, 0.1) is 5.92 Å². The molecule has 0 bridgehead atoms. The van der Waals surface area contributed by atoms with E-state index in [1.807, 2.05) is 0 Å². The molecule has 0 aromatic carbocycles. The highest BCUT2D eigenvalue weighted by Gasteiger charge is 2.27. The molecule has 0 aromatic rings. The second-order valence-corrected chi connectivity index (χ2v) is 9.70. The molecule has 1 heterocycles. The SMILES string of the molecule is CS(=O)(=O)N1CCC(CN)C1.CS(=O)(=O)NCCCCCCN.